The Labute approximate surface area is 650 Å². The topological polar surface area (TPSA) is 48.0 Å². The summed E-state index contributed by atoms with van der Waals surface area (Å²) in [6.07, 6.45) is 0. The van der Waals surface area contributed by atoms with Gasteiger partial charge >= 0.3 is 0 Å². The average molecular weight is 1450 g/mol. The van der Waals surface area contributed by atoms with Gasteiger partial charge in [-0.3, -0.25) is 0 Å². The molecule has 0 aliphatic carbocycles. The number of hydrogen-bond donors (Lipinski definition) is 1. The molecule has 0 bridgehead atoms. The van der Waals surface area contributed by atoms with E-state index in [2.05, 4.69) is 384 Å². The van der Waals surface area contributed by atoms with Crippen molar-refractivity contribution in [3.8, 4) is 44.5 Å². The molecule has 0 aliphatic rings. The van der Waals surface area contributed by atoms with Crippen LogP contribution < -0.4 is 20.0 Å². The highest BCUT2D eigenvalue weighted by Gasteiger charge is 2.23. The van der Waals surface area contributed by atoms with Crippen molar-refractivity contribution in [1.82, 2.24) is 0 Å². The SMILES string of the molecule is Clc1cc(-c2cccc3ccccc23)cc(N(c2ccccc2)c2ccc3oc4ccccc4c3c2)c1.c1ccc(-c2ccc(N(c3ccccc3)c3cc(-c4cccc5ccccc45)cc(N(c4ccccc4)c4ccc5oc6ccccc6c5c4)c3)cc2)cc1.c1ccc(Nc2ccc(-c3ccccc3)cc2)cc1. The molecule has 2 aromatic heterocycles. The van der Waals surface area contributed by atoms with Gasteiger partial charge in [-0.2, -0.15) is 0 Å². The van der Waals surface area contributed by atoms with Gasteiger partial charge in [0.1, 0.15) is 22.3 Å². The molecule has 7 heteroatoms. The fraction of sp³-hybridized carbons (Fsp3) is 0. The summed E-state index contributed by atoms with van der Waals surface area (Å²) in [6, 6.07) is 153. The van der Waals surface area contributed by atoms with Crippen LogP contribution in [0, 0.1) is 0 Å². The zero-order valence-corrected chi connectivity index (χ0v) is 61.4. The summed E-state index contributed by atoms with van der Waals surface area (Å²) in [4.78, 5) is 6.98. The molecule has 0 atom stereocenters. The number of fused-ring (bicyclic) bond motifs is 8. The molecule has 0 saturated carbocycles. The molecule has 0 fully saturated rings. The fourth-order valence-corrected chi connectivity index (χ4v) is 15.3. The lowest BCUT2D eigenvalue weighted by Gasteiger charge is -2.30. The van der Waals surface area contributed by atoms with Crippen molar-refractivity contribution >= 4 is 140 Å². The van der Waals surface area contributed by atoms with Crippen LogP contribution in [0.3, 0.4) is 0 Å². The van der Waals surface area contributed by atoms with Gasteiger partial charge in [0.25, 0.3) is 0 Å². The number of anilines is 11. The molecule has 0 saturated heterocycles. The van der Waals surface area contributed by atoms with E-state index in [1.54, 1.807) is 0 Å². The summed E-state index contributed by atoms with van der Waals surface area (Å²) in [7, 11) is 0. The minimum atomic E-state index is 0.691. The molecule has 0 unspecified atom stereocenters. The average Bonchev–Trinajstić information content (AvgIpc) is 1.32. The van der Waals surface area contributed by atoms with E-state index in [1.807, 2.05) is 72.8 Å². The summed E-state index contributed by atoms with van der Waals surface area (Å²) < 4.78 is 12.4. The second-order valence-corrected chi connectivity index (χ2v) is 27.8. The van der Waals surface area contributed by atoms with Gasteiger partial charge in [-0.25, -0.2) is 0 Å². The Hall–Kier alpha value is -14.4. The Morgan fingerprint density at radius 2 is 0.505 bits per heavy atom. The third kappa shape index (κ3) is 14.6. The molecule has 0 amide bonds. The number of rotatable bonds is 15. The van der Waals surface area contributed by atoms with Crippen LogP contribution in [-0.2, 0) is 0 Å². The predicted octanol–water partition coefficient (Wildman–Crippen LogP) is 30.6. The summed E-state index contributed by atoms with van der Waals surface area (Å²) in [5.41, 5.74) is 24.6. The minimum Gasteiger partial charge on any atom is -0.456 e. The van der Waals surface area contributed by atoms with Crippen LogP contribution in [0.15, 0.2) is 446 Å². The second-order valence-electron chi connectivity index (χ2n) is 27.4. The Bertz CT molecular complexity index is 6600. The first-order chi connectivity index (χ1) is 54.9. The third-order valence-electron chi connectivity index (χ3n) is 20.3. The van der Waals surface area contributed by atoms with Gasteiger partial charge in [0.05, 0.1) is 0 Å². The van der Waals surface area contributed by atoms with E-state index in [0.29, 0.717) is 5.02 Å². The van der Waals surface area contributed by atoms with Crippen molar-refractivity contribution in [2.45, 2.75) is 0 Å². The maximum atomic E-state index is 6.78. The molecule has 0 spiro atoms. The number of nitrogens with one attached hydrogen (secondary N) is 1. The van der Waals surface area contributed by atoms with Crippen LogP contribution in [-0.4, -0.2) is 0 Å². The molecule has 0 radical (unpaired) electrons. The smallest absolute Gasteiger partial charge is 0.135 e. The molecule has 1 N–H and O–H groups in total. The van der Waals surface area contributed by atoms with Crippen molar-refractivity contribution in [1.29, 1.82) is 0 Å². The molecular weight excluding hydrogens is 1370 g/mol. The van der Waals surface area contributed by atoms with E-state index >= 15 is 0 Å². The third-order valence-corrected chi connectivity index (χ3v) is 20.5. The summed E-state index contributed by atoms with van der Waals surface area (Å²) in [5, 5.41) is 13.3. The maximum Gasteiger partial charge on any atom is 0.135 e. The van der Waals surface area contributed by atoms with Gasteiger partial charge in [-0.05, 0) is 224 Å². The number of benzene rings is 18. The van der Waals surface area contributed by atoms with Crippen LogP contribution in [0.25, 0.3) is 110 Å². The highest BCUT2D eigenvalue weighted by atomic mass is 35.5. The van der Waals surface area contributed by atoms with Gasteiger partial charge in [0.2, 0.25) is 0 Å². The first-order valence-corrected chi connectivity index (χ1v) is 37.7. The van der Waals surface area contributed by atoms with E-state index in [0.717, 1.165) is 123 Å². The van der Waals surface area contributed by atoms with Crippen molar-refractivity contribution < 1.29 is 8.83 Å². The van der Waals surface area contributed by atoms with Gasteiger partial charge < -0.3 is 28.9 Å². The largest absolute Gasteiger partial charge is 0.456 e. The number of hydrogen-bond acceptors (Lipinski definition) is 6. The van der Waals surface area contributed by atoms with Gasteiger partial charge in [0, 0.05) is 89.1 Å². The number of para-hydroxylation sites is 6. The molecule has 2 heterocycles. The number of nitrogens with zero attached hydrogens (tertiary/aromatic N) is 3. The second kappa shape index (κ2) is 31.2. The molecular formula is C104H73ClN4O2. The van der Waals surface area contributed by atoms with Crippen LogP contribution in [0.4, 0.5) is 62.6 Å². The number of furan rings is 2. The quantitative estimate of drug-likeness (QED) is 0.110. The van der Waals surface area contributed by atoms with E-state index in [-0.39, 0.29) is 0 Å². The lowest BCUT2D eigenvalue weighted by molar-refractivity contribution is 0.668. The Morgan fingerprint density at radius 1 is 0.189 bits per heavy atom. The minimum absolute atomic E-state index is 0.691. The maximum absolute atomic E-state index is 6.78. The fourth-order valence-electron chi connectivity index (χ4n) is 15.1. The van der Waals surface area contributed by atoms with E-state index in [1.165, 1.54) is 49.4 Å². The van der Waals surface area contributed by atoms with E-state index in [9.17, 15) is 0 Å². The summed E-state index contributed by atoms with van der Waals surface area (Å²) in [5.74, 6) is 0. The highest BCUT2D eigenvalue weighted by Crippen LogP contribution is 2.47. The van der Waals surface area contributed by atoms with Crippen LogP contribution in [0.5, 0.6) is 0 Å². The molecule has 18 aromatic carbocycles. The summed E-state index contributed by atoms with van der Waals surface area (Å²) >= 11 is 6.78. The molecule has 111 heavy (non-hydrogen) atoms. The van der Waals surface area contributed by atoms with Gasteiger partial charge in [0.15, 0.2) is 0 Å². The summed E-state index contributed by atoms with van der Waals surface area (Å²) in [6.45, 7) is 0. The standard InChI is InChI=1S/C52H36N2O.C34H22ClNO.C18H15N/c1-4-15-37(16-5-1)38-27-29-43(30-28-38)53(41-19-6-2-7-20-41)45-33-40(48-25-14-18-39-17-10-11-23-47(39)48)34-46(35-45)54(42-21-8-3-9-22-42)44-31-32-52-50(36-44)49-24-12-13-26-51(49)55-52;35-25-19-24(30-15-8-10-23-9-4-5-13-29(23)30)20-28(21-25)36(26-11-2-1-3-12-26)27-17-18-34-32(22-27)31-14-6-7-16-33(31)37-34;1-3-7-15(8-4-1)16-11-13-18(14-12-16)19-17-9-5-2-6-10-17/h1-36H;1-22H;1-14,19H. The van der Waals surface area contributed by atoms with Crippen molar-refractivity contribution in [3.63, 3.8) is 0 Å². The van der Waals surface area contributed by atoms with E-state index in [4.69, 9.17) is 20.4 Å². The molecule has 528 valence electrons. The molecule has 20 aromatic rings. The Morgan fingerprint density at radius 3 is 0.964 bits per heavy atom. The van der Waals surface area contributed by atoms with Crippen molar-refractivity contribution in [3.05, 3.63) is 442 Å². The lowest BCUT2D eigenvalue weighted by atomic mass is 9.96. The monoisotopic (exact) mass is 1440 g/mol. The molecule has 6 nitrogen and oxygen atoms in total. The Kier molecular flexibility index (Phi) is 19.2. The first kappa shape index (κ1) is 68.4. The molecule has 0 aliphatic heterocycles. The van der Waals surface area contributed by atoms with Crippen molar-refractivity contribution in [2.24, 2.45) is 0 Å². The predicted molar refractivity (Wildman–Crippen MR) is 469 cm³/mol. The number of halogens is 1. The normalized spacial score (nSPS) is 11.1. The van der Waals surface area contributed by atoms with Crippen molar-refractivity contribution in [2.75, 3.05) is 20.0 Å². The van der Waals surface area contributed by atoms with Crippen LogP contribution >= 0.6 is 11.6 Å². The highest BCUT2D eigenvalue weighted by molar-refractivity contribution is 6.31. The molecule has 20 rings (SSSR count). The first-order valence-electron chi connectivity index (χ1n) is 37.4. The van der Waals surface area contributed by atoms with Crippen LogP contribution in [0.2, 0.25) is 5.02 Å². The lowest BCUT2D eigenvalue weighted by Crippen LogP contribution is -2.13. The Balaban J connectivity index is 0.000000132. The zero-order chi connectivity index (χ0) is 74.2. The van der Waals surface area contributed by atoms with Crippen LogP contribution in [0.1, 0.15) is 0 Å². The van der Waals surface area contributed by atoms with E-state index < -0.39 is 0 Å². The zero-order valence-electron chi connectivity index (χ0n) is 60.6. The van der Waals surface area contributed by atoms with Gasteiger partial charge in [-0.1, -0.05) is 291 Å². The van der Waals surface area contributed by atoms with Gasteiger partial charge in [-0.15, -0.1) is 0 Å².